The van der Waals surface area contributed by atoms with Crippen LogP contribution in [0.15, 0.2) is 0 Å². The molecule has 1 aliphatic rings. The van der Waals surface area contributed by atoms with Gasteiger partial charge in [0.15, 0.2) is 5.96 Å². The van der Waals surface area contributed by atoms with Crippen molar-refractivity contribution in [2.24, 2.45) is 5.73 Å². The monoisotopic (exact) mass is 214 g/mol. The Morgan fingerprint density at radius 3 is 2.93 bits per heavy atom. The Morgan fingerprint density at radius 1 is 1.73 bits per heavy atom. The van der Waals surface area contributed by atoms with Crippen molar-refractivity contribution in [1.29, 1.82) is 5.41 Å². The molecule has 1 saturated heterocycles. The molecular weight excluding hydrogens is 196 g/mol. The minimum absolute atomic E-state index is 0.0597. The van der Waals surface area contributed by atoms with E-state index in [0.717, 1.165) is 19.4 Å². The standard InChI is InChI=1S/C9H18N4O2/c1-6(8(14)15)12-7-3-2-4-13(5-7)9(10)11/h6-7,12H,2-5H2,1H3,(H3,10,11)(H,14,15)/t6-,7?/m0/s1. The maximum absolute atomic E-state index is 10.6. The number of guanidine groups is 1. The highest BCUT2D eigenvalue weighted by Crippen LogP contribution is 2.09. The summed E-state index contributed by atoms with van der Waals surface area (Å²) in [6, 6.07) is -0.448. The summed E-state index contributed by atoms with van der Waals surface area (Å²) in [6.07, 6.45) is 1.87. The summed E-state index contributed by atoms with van der Waals surface area (Å²) in [5.41, 5.74) is 5.39. The first kappa shape index (κ1) is 11.8. The van der Waals surface area contributed by atoms with Gasteiger partial charge in [-0.2, -0.15) is 0 Å². The largest absolute Gasteiger partial charge is 0.480 e. The van der Waals surface area contributed by atoms with Crippen molar-refractivity contribution >= 4 is 11.9 Å². The molecule has 0 bridgehead atoms. The molecule has 0 aromatic carbocycles. The summed E-state index contributed by atoms with van der Waals surface area (Å²) in [4.78, 5) is 12.4. The van der Waals surface area contributed by atoms with Gasteiger partial charge in [-0.25, -0.2) is 0 Å². The molecule has 15 heavy (non-hydrogen) atoms. The molecular formula is C9H18N4O2. The van der Waals surface area contributed by atoms with Crippen LogP contribution in [0.1, 0.15) is 19.8 Å². The van der Waals surface area contributed by atoms with Crippen molar-refractivity contribution in [2.45, 2.75) is 31.8 Å². The molecule has 6 heteroatoms. The number of carboxylic acid groups (broad SMARTS) is 1. The van der Waals surface area contributed by atoms with Crippen LogP contribution >= 0.6 is 0 Å². The van der Waals surface area contributed by atoms with Crippen LogP contribution in [0.5, 0.6) is 0 Å². The molecule has 0 spiro atoms. The van der Waals surface area contributed by atoms with E-state index in [2.05, 4.69) is 5.32 Å². The summed E-state index contributed by atoms with van der Waals surface area (Å²) in [5, 5.41) is 19.1. The number of carboxylic acids is 1. The molecule has 1 heterocycles. The highest BCUT2D eigenvalue weighted by atomic mass is 16.4. The van der Waals surface area contributed by atoms with E-state index in [1.165, 1.54) is 0 Å². The fourth-order valence-electron chi connectivity index (χ4n) is 1.76. The number of hydrogen-bond acceptors (Lipinski definition) is 3. The van der Waals surface area contributed by atoms with Crippen molar-refractivity contribution < 1.29 is 9.90 Å². The molecule has 1 fully saturated rings. The van der Waals surface area contributed by atoms with Crippen molar-refractivity contribution in [3.63, 3.8) is 0 Å². The van der Waals surface area contributed by atoms with Crippen LogP contribution in [0.25, 0.3) is 0 Å². The smallest absolute Gasteiger partial charge is 0.320 e. The van der Waals surface area contributed by atoms with Crippen LogP contribution in [-0.4, -0.2) is 47.1 Å². The van der Waals surface area contributed by atoms with Gasteiger partial charge < -0.3 is 21.1 Å². The molecule has 1 rings (SSSR count). The van der Waals surface area contributed by atoms with Crippen molar-refractivity contribution in [2.75, 3.05) is 13.1 Å². The van der Waals surface area contributed by atoms with Crippen molar-refractivity contribution in [1.82, 2.24) is 10.2 Å². The molecule has 1 aliphatic heterocycles. The van der Waals surface area contributed by atoms with E-state index >= 15 is 0 Å². The molecule has 0 saturated carbocycles. The number of nitrogens with one attached hydrogen (secondary N) is 2. The molecule has 0 amide bonds. The second-order valence-corrected chi connectivity index (χ2v) is 3.90. The van der Waals surface area contributed by atoms with Gasteiger partial charge in [-0.1, -0.05) is 0 Å². The zero-order chi connectivity index (χ0) is 11.4. The number of rotatable bonds is 3. The number of hydrogen-bond donors (Lipinski definition) is 4. The van der Waals surface area contributed by atoms with Crippen molar-refractivity contribution in [3.05, 3.63) is 0 Å². The number of aliphatic carboxylic acids is 1. The Bertz CT molecular complexity index is 254. The van der Waals surface area contributed by atoms with Gasteiger partial charge in [-0.3, -0.25) is 10.2 Å². The van der Waals surface area contributed by atoms with Crippen LogP contribution in [0, 0.1) is 5.41 Å². The van der Waals surface area contributed by atoms with E-state index in [4.69, 9.17) is 16.2 Å². The first-order valence-electron chi connectivity index (χ1n) is 5.08. The summed E-state index contributed by atoms with van der Waals surface area (Å²) in [5.74, 6) is -0.792. The molecule has 0 aliphatic carbocycles. The zero-order valence-electron chi connectivity index (χ0n) is 8.86. The molecule has 0 aromatic heterocycles. The number of likely N-dealkylation sites (tertiary alicyclic amines) is 1. The van der Waals surface area contributed by atoms with Crippen LogP contribution in [0.2, 0.25) is 0 Å². The van der Waals surface area contributed by atoms with Gasteiger partial charge in [0.1, 0.15) is 6.04 Å². The van der Waals surface area contributed by atoms with Gasteiger partial charge in [0.25, 0.3) is 0 Å². The maximum atomic E-state index is 10.6. The second kappa shape index (κ2) is 4.97. The van der Waals surface area contributed by atoms with Gasteiger partial charge >= 0.3 is 5.97 Å². The Balaban J connectivity index is 2.43. The fraction of sp³-hybridized carbons (Fsp3) is 0.778. The molecule has 6 nitrogen and oxygen atoms in total. The van der Waals surface area contributed by atoms with Crippen LogP contribution in [0.4, 0.5) is 0 Å². The summed E-state index contributed by atoms with van der Waals surface area (Å²) in [6.45, 7) is 3.02. The third kappa shape index (κ3) is 3.39. The van der Waals surface area contributed by atoms with Gasteiger partial charge in [0.05, 0.1) is 0 Å². The highest BCUT2D eigenvalue weighted by molar-refractivity contribution is 5.75. The van der Waals surface area contributed by atoms with Crippen LogP contribution < -0.4 is 11.1 Å². The van der Waals surface area contributed by atoms with Crippen molar-refractivity contribution in [3.8, 4) is 0 Å². The van der Waals surface area contributed by atoms with E-state index in [1.54, 1.807) is 11.8 Å². The highest BCUT2D eigenvalue weighted by Gasteiger charge is 2.23. The first-order valence-corrected chi connectivity index (χ1v) is 5.08. The lowest BCUT2D eigenvalue weighted by Gasteiger charge is -2.34. The second-order valence-electron chi connectivity index (χ2n) is 3.90. The van der Waals surface area contributed by atoms with Gasteiger partial charge in [0.2, 0.25) is 0 Å². The zero-order valence-corrected chi connectivity index (χ0v) is 8.86. The Kier molecular flexibility index (Phi) is 3.90. The number of carbonyl (C=O) groups is 1. The minimum Gasteiger partial charge on any atom is -0.480 e. The lowest BCUT2D eigenvalue weighted by Crippen LogP contribution is -2.53. The lowest BCUT2D eigenvalue weighted by molar-refractivity contribution is -0.139. The third-order valence-electron chi connectivity index (χ3n) is 2.62. The maximum Gasteiger partial charge on any atom is 0.320 e. The molecule has 5 N–H and O–H groups in total. The fourth-order valence-corrected chi connectivity index (χ4v) is 1.76. The Morgan fingerprint density at radius 2 is 2.40 bits per heavy atom. The molecule has 0 aromatic rings. The Hall–Kier alpha value is -1.30. The number of nitrogens with zero attached hydrogens (tertiary/aromatic N) is 1. The van der Waals surface area contributed by atoms with Gasteiger partial charge in [-0.05, 0) is 19.8 Å². The minimum atomic E-state index is -0.852. The third-order valence-corrected chi connectivity index (χ3v) is 2.62. The summed E-state index contributed by atoms with van der Waals surface area (Å²) in [7, 11) is 0. The van der Waals surface area contributed by atoms with Gasteiger partial charge in [0, 0.05) is 19.1 Å². The molecule has 1 unspecified atom stereocenters. The van der Waals surface area contributed by atoms with E-state index in [9.17, 15) is 4.79 Å². The normalized spacial score (nSPS) is 23.5. The molecule has 2 atom stereocenters. The van der Waals surface area contributed by atoms with E-state index in [1.807, 2.05) is 0 Å². The predicted octanol–water partition coefficient (Wildman–Crippen LogP) is -0.593. The quantitative estimate of drug-likeness (QED) is 0.371. The van der Waals surface area contributed by atoms with E-state index < -0.39 is 12.0 Å². The van der Waals surface area contributed by atoms with Crippen LogP contribution in [0.3, 0.4) is 0 Å². The van der Waals surface area contributed by atoms with E-state index in [-0.39, 0.29) is 12.0 Å². The lowest BCUT2D eigenvalue weighted by atomic mass is 10.1. The van der Waals surface area contributed by atoms with E-state index in [0.29, 0.717) is 6.54 Å². The number of piperidine rings is 1. The topological polar surface area (TPSA) is 102 Å². The summed E-state index contributed by atoms with van der Waals surface area (Å²) >= 11 is 0. The Labute approximate surface area is 88.9 Å². The molecule has 0 radical (unpaired) electrons. The SMILES string of the molecule is C[C@H](NC1CCCN(C(=N)N)C1)C(=O)O. The molecule has 86 valence electrons. The average molecular weight is 214 g/mol. The number of nitrogens with two attached hydrogens (primary N) is 1. The van der Waals surface area contributed by atoms with Gasteiger partial charge in [-0.15, -0.1) is 0 Å². The summed E-state index contributed by atoms with van der Waals surface area (Å²) < 4.78 is 0. The van der Waals surface area contributed by atoms with Crippen LogP contribution in [-0.2, 0) is 4.79 Å². The average Bonchev–Trinajstić information content (AvgIpc) is 2.18. The first-order chi connectivity index (χ1) is 7.00. The predicted molar refractivity (Wildman–Crippen MR) is 56.7 cm³/mol.